The summed E-state index contributed by atoms with van der Waals surface area (Å²) in [5.41, 5.74) is 3.72. The van der Waals surface area contributed by atoms with Gasteiger partial charge in [0.05, 0.1) is 4.47 Å². The fourth-order valence-electron chi connectivity index (χ4n) is 1.70. The highest BCUT2D eigenvalue weighted by molar-refractivity contribution is 9.10. The number of rotatable bonds is 3. The number of alkyl halides is 1. The molecule has 0 aliphatic heterocycles. The van der Waals surface area contributed by atoms with E-state index < -0.39 is 0 Å². The Bertz CT molecular complexity index is 564. The zero-order valence-corrected chi connectivity index (χ0v) is 13.5. The van der Waals surface area contributed by atoms with Crippen molar-refractivity contribution in [3.63, 3.8) is 0 Å². The van der Waals surface area contributed by atoms with Gasteiger partial charge in [-0.3, -0.25) is 0 Å². The number of hydrogen-bond donors (Lipinski definition) is 0. The highest BCUT2D eigenvalue weighted by Crippen LogP contribution is 2.31. The molecule has 18 heavy (non-hydrogen) atoms. The zero-order chi connectivity index (χ0) is 13.1. The number of halogens is 2. The minimum atomic E-state index is 0.839. The molecule has 0 unspecified atom stereocenters. The molecule has 0 saturated carbocycles. The average molecular weight is 370 g/mol. The molecule has 2 rings (SSSR count). The van der Waals surface area contributed by atoms with Gasteiger partial charge >= 0.3 is 0 Å². The van der Waals surface area contributed by atoms with Crippen LogP contribution in [0.2, 0.25) is 0 Å². The van der Waals surface area contributed by atoms with Crippen LogP contribution >= 0.6 is 31.9 Å². The van der Waals surface area contributed by atoms with Crippen LogP contribution in [0, 0.1) is 13.8 Å². The number of aryl methyl sites for hydroxylation is 2. The van der Waals surface area contributed by atoms with Crippen molar-refractivity contribution in [2.24, 2.45) is 0 Å². The molecule has 2 aromatic carbocycles. The predicted octanol–water partition coefficient (Wildman–Crippen LogP) is 5.75. The van der Waals surface area contributed by atoms with E-state index in [0.29, 0.717) is 0 Å². The summed E-state index contributed by atoms with van der Waals surface area (Å²) >= 11 is 6.99. The van der Waals surface area contributed by atoms with Crippen LogP contribution in [0.4, 0.5) is 0 Å². The fourth-order valence-corrected chi connectivity index (χ4v) is 2.90. The first-order chi connectivity index (χ1) is 8.60. The van der Waals surface area contributed by atoms with Crippen molar-refractivity contribution in [3.05, 3.63) is 57.6 Å². The van der Waals surface area contributed by atoms with E-state index in [1.54, 1.807) is 0 Å². The van der Waals surface area contributed by atoms with Gasteiger partial charge in [0.25, 0.3) is 0 Å². The highest BCUT2D eigenvalue weighted by Gasteiger charge is 2.04. The first-order valence-corrected chi connectivity index (χ1v) is 7.61. The van der Waals surface area contributed by atoms with Gasteiger partial charge in [-0.25, -0.2) is 0 Å². The average Bonchev–Trinajstić information content (AvgIpc) is 2.33. The van der Waals surface area contributed by atoms with Crippen molar-refractivity contribution in [2.45, 2.75) is 19.2 Å². The van der Waals surface area contributed by atoms with Gasteiger partial charge in [0, 0.05) is 5.33 Å². The Labute approximate surface area is 124 Å². The largest absolute Gasteiger partial charge is 0.456 e. The Hall–Kier alpha value is -0.800. The first kappa shape index (κ1) is 13.6. The summed E-state index contributed by atoms with van der Waals surface area (Å²) in [5, 5.41) is 0.868. The van der Waals surface area contributed by atoms with E-state index in [9.17, 15) is 0 Å². The van der Waals surface area contributed by atoms with Crippen molar-refractivity contribution in [1.29, 1.82) is 0 Å². The minimum absolute atomic E-state index is 0.839. The second-order valence-electron chi connectivity index (χ2n) is 4.26. The summed E-state index contributed by atoms with van der Waals surface area (Å²) in [6, 6.07) is 12.2. The molecule has 0 bridgehead atoms. The maximum Gasteiger partial charge on any atom is 0.141 e. The molecule has 0 N–H and O–H groups in total. The van der Waals surface area contributed by atoms with E-state index in [1.165, 1.54) is 16.7 Å². The maximum absolute atomic E-state index is 5.88. The summed E-state index contributed by atoms with van der Waals surface area (Å²) in [6.45, 7) is 4.15. The number of hydrogen-bond acceptors (Lipinski definition) is 1. The van der Waals surface area contributed by atoms with Crippen LogP contribution in [0.5, 0.6) is 11.5 Å². The van der Waals surface area contributed by atoms with Crippen molar-refractivity contribution >= 4 is 31.9 Å². The van der Waals surface area contributed by atoms with Gasteiger partial charge in [-0.1, -0.05) is 28.1 Å². The highest BCUT2D eigenvalue weighted by atomic mass is 79.9. The molecule has 3 heteroatoms. The van der Waals surface area contributed by atoms with Crippen molar-refractivity contribution in [1.82, 2.24) is 0 Å². The smallest absolute Gasteiger partial charge is 0.141 e. The summed E-state index contributed by atoms with van der Waals surface area (Å²) in [5.74, 6) is 1.70. The lowest BCUT2D eigenvalue weighted by molar-refractivity contribution is 0.479. The van der Waals surface area contributed by atoms with Crippen LogP contribution in [0.1, 0.15) is 16.7 Å². The molecule has 0 spiro atoms. The third kappa shape index (κ3) is 3.15. The number of ether oxygens (including phenoxy) is 1. The van der Waals surface area contributed by atoms with E-state index in [2.05, 4.69) is 63.9 Å². The van der Waals surface area contributed by atoms with Gasteiger partial charge < -0.3 is 4.74 Å². The SMILES string of the molecule is Cc1ccc(Oc2ccc(CBr)c(C)c2)c(Br)c1. The molecule has 0 atom stereocenters. The topological polar surface area (TPSA) is 9.23 Å². The Morgan fingerprint density at radius 2 is 1.83 bits per heavy atom. The number of benzene rings is 2. The standard InChI is InChI=1S/C15H14Br2O/c1-10-3-6-15(14(17)7-10)18-13-5-4-12(9-16)11(2)8-13/h3-8H,9H2,1-2H3. The molecule has 0 amide bonds. The summed E-state index contributed by atoms with van der Waals surface area (Å²) in [7, 11) is 0. The normalized spacial score (nSPS) is 10.4. The molecule has 0 radical (unpaired) electrons. The van der Waals surface area contributed by atoms with E-state index in [0.717, 1.165) is 21.3 Å². The molecule has 0 heterocycles. The molecule has 0 aliphatic carbocycles. The van der Waals surface area contributed by atoms with E-state index in [4.69, 9.17) is 4.74 Å². The molecule has 0 aromatic heterocycles. The quantitative estimate of drug-likeness (QED) is 0.625. The lowest BCUT2D eigenvalue weighted by atomic mass is 10.1. The summed E-state index contributed by atoms with van der Waals surface area (Å²) in [4.78, 5) is 0. The summed E-state index contributed by atoms with van der Waals surface area (Å²) < 4.78 is 6.86. The molecule has 0 saturated heterocycles. The van der Waals surface area contributed by atoms with Gasteiger partial charge in [-0.2, -0.15) is 0 Å². The molecule has 1 nitrogen and oxygen atoms in total. The Morgan fingerprint density at radius 3 is 2.44 bits per heavy atom. The molecular weight excluding hydrogens is 356 g/mol. The Balaban J connectivity index is 2.26. The molecule has 0 aliphatic rings. The van der Waals surface area contributed by atoms with Gasteiger partial charge in [0.1, 0.15) is 11.5 Å². The predicted molar refractivity (Wildman–Crippen MR) is 82.8 cm³/mol. The van der Waals surface area contributed by atoms with Gasteiger partial charge in [-0.15, -0.1) is 0 Å². The van der Waals surface area contributed by atoms with Gasteiger partial charge in [-0.05, 0) is 70.7 Å². The second kappa shape index (κ2) is 5.89. The first-order valence-electron chi connectivity index (χ1n) is 5.69. The van der Waals surface area contributed by atoms with Crippen LogP contribution in [-0.2, 0) is 5.33 Å². The van der Waals surface area contributed by atoms with Gasteiger partial charge in [0.15, 0.2) is 0 Å². The zero-order valence-electron chi connectivity index (χ0n) is 10.3. The molecule has 2 aromatic rings. The molecule has 0 fully saturated rings. The second-order valence-corrected chi connectivity index (χ2v) is 5.67. The van der Waals surface area contributed by atoms with E-state index in [-0.39, 0.29) is 0 Å². The van der Waals surface area contributed by atoms with Crippen molar-refractivity contribution < 1.29 is 4.74 Å². The van der Waals surface area contributed by atoms with E-state index >= 15 is 0 Å². The Kier molecular flexibility index (Phi) is 4.46. The monoisotopic (exact) mass is 368 g/mol. The van der Waals surface area contributed by atoms with Crippen LogP contribution in [0.15, 0.2) is 40.9 Å². The van der Waals surface area contributed by atoms with Crippen LogP contribution in [-0.4, -0.2) is 0 Å². The van der Waals surface area contributed by atoms with Crippen LogP contribution in [0.3, 0.4) is 0 Å². The summed E-state index contributed by atoms with van der Waals surface area (Å²) in [6.07, 6.45) is 0. The Morgan fingerprint density at radius 1 is 1.06 bits per heavy atom. The third-order valence-corrected chi connectivity index (χ3v) is 4.00. The van der Waals surface area contributed by atoms with Crippen molar-refractivity contribution in [2.75, 3.05) is 0 Å². The van der Waals surface area contributed by atoms with Crippen LogP contribution in [0.25, 0.3) is 0 Å². The minimum Gasteiger partial charge on any atom is -0.456 e. The third-order valence-electron chi connectivity index (χ3n) is 2.77. The van der Waals surface area contributed by atoms with Gasteiger partial charge in [0.2, 0.25) is 0 Å². The molecular formula is C15H14Br2O. The van der Waals surface area contributed by atoms with E-state index in [1.807, 2.05) is 18.2 Å². The van der Waals surface area contributed by atoms with Crippen molar-refractivity contribution in [3.8, 4) is 11.5 Å². The lowest BCUT2D eigenvalue weighted by Gasteiger charge is -2.10. The lowest BCUT2D eigenvalue weighted by Crippen LogP contribution is -1.89. The maximum atomic E-state index is 5.88. The molecule has 94 valence electrons. The van der Waals surface area contributed by atoms with Crippen LogP contribution < -0.4 is 4.74 Å². The fraction of sp³-hybridized carbons (Fsp3) is 0.200.